The van der Waals surface area contributed by atoms with Crippen molar-refractivity contribution in [2.75, 3.05) is 77.8 Å². The Balaban J connectivity index is 0.00000265. The van der Waals surface area contributed by atoms with Gasteiger partial charge in [0.1, 0.15) is 0 Å². The Morgan fingerprint density at radius 3 is 2.27 bits per heavy atom. The van der Waals surface area contributed by atoms with Crippen LogP contribution in [0.15, 0.2) is 18.3 Å². The van der Waals surface area contributed by atoms with Gasteiger partial charge in [-0.1, -0.05) is 11.8 Å². The van der Waals surface area contributed by atoms with E-state index in [4.69, 9.17) is 14.2 Å². The fraction of sp³-hybridized carbons (Fsp3) is 0.750. The van der Waals surface area contributed by atoms with Crippen molar-refractivity contribution in [3.05, 3.63) is 24.0 Å². The van der Waals surface area contributed by atoms with Crippen LogP contribution in [0.2, 0.25) is 0 Å². The second kappa shape index (κ2) is 16.7. The number of nitrogens with zero attached hydrogens (tertiary/aromatic N) is 4. The van der Waals surface area contributed by atoms with Crippen molar-refractivity contribution in [3.8, 4) is 0 Å². The predicted octanol–water partition coefficient (Wildman–Crippen LogP) is -1.17. The fourth-order valence-corrected chi connectivity index (χ4v) is 4.02. The van der Waals surface area contributed by atoms with E-state index in [0.29, 0.717) is 77.9 Å². The van der Waals surface area contributed by atoms with Crippen LogP contribution in [0.4, 0.5) is 0 Å². The van der Waals surface area contributed by atoms with E-state index >= 15 is 0 Å². The molecule has 33 heavy (non-hydrogen) atoms. The first-order valence-corrected chi connectivity index (χ1v) is 12.7. The highest BCUT2D eigenvalue weighted by molar-refractivity contribution is 7.91. The molecule has 1 aromatic rings. The molecule has 1 aromatic heterocycles. The van der Waals surface area contributed by atoms with Gasteiger partial charge < -0.3 is 25.3 Å². The van der Waals surface area contributed by atoms with Crippen molar-refractivity contribution in [3.63, 3.8) is 0 Å². The lowest BCUT2D eigenvalue weighted by Gasteiger charge is -2.25. The number of carbonyl (C=O) groups is 1. The van der Waals surface area contributed by atoms with Gasteiger partial charge in [-0.3, -0.25) is 9.69 Å². The summed E-state index contributed by atoms with van der Waals surface area (Å²) in [6.07, 6.45) is 1.86. The third kappa shape index (κ3) is 13.4. The van der Waals surface area contributed by atoms with Gasteiger partial charge >= 0.3 is 0 Å². The smallest absolute Gasteiger partial charge is 0.246 e. The van der Waals surface area contributed by atoms with Gasteiger partial charge in [0.05, 0.1) is 63.4 Å². The molecule has 3 N–H and O–H groups in total. The van der Waals surface area contributed by atoms with Crippen LogP contribution in [0, 0.1) is 0 Å². The van der Waals surface area contributed by atoms with Crippen LogP contribution in [-0.2, 0) is 41.9 Å². The number of nitrogens with two attached hydrogens (primary N) is 1. The molecule has 0 aromatic carbocycles. The van der Waals surface area contributed by atoms with Crippen LogP contribution in [0.5, 0.6) is 0 Å². The van der Waals surface area contributed by atoms with Crippen LogP contribution < -0.4 is 11.1 Å². The lowest BCUT2D eigenvalue weighted by molar-refractivity contribution is -0.117. The molecule has 0 unspecified atom stereocenters. The van der Waals surface area contributed by atoms with Crippen LogP contribution in [-0.4, -0.2) is 112 Å². The second-order valence-corrected chi connectivity index (χ2v) is 9.58. The van der Waals surface area contributed by atoms with E-state index in [9.17, 15) is 13.2 Å². The van der Waals surface area contributed by atoms with Crippen LogP contribution in [0.1, 0.15) is 12.6 Å². The molecule has 0 saturated carbocycles. The van der Waals surface area contributed by atoms with Crippen LogP contribution in [0.25, 0.3) is 0 Å². The number of hydrogen-bond acceptors (Lipinski definition) is 10. The molecule has 1 saturated heterocycles. The van der Waals surface area contributed by atoms with E-state index in [1.165, 1.54) is 7.05 Å². The maximum atomic E-state index is 11.5. The number of aromatic nitrogens is 3. The summed E-state index contributed by atoms with van der Waals surface area (Å²) < 4.78 is 41.0. The molecule has 2 heterocycles. The van der Waals surface area contributed by atoms with Gasteiger partial charge in [-0.15, -0.1) is 5.10 Å². The topological polar surface area (TPSA) is 151 Å². The standard InChI is InChI=1S/C19H33N5O6S.CH5N/c1-17(2)19(25)20-3-7-28-9-11-30-12-10-29-8-4-24-16-18(21-22-24)15-23-5-13-31(26,27)14-6-23;1-2/h16H,1,3-15H2,2H3,(H,20,25);2H2,1H3. The summed E-state index contributed by atoms with van der Waals surface area (Å²) in [4.78, 5) is 13.3. The number of hydrogen-bond donors (Lipinski definition) is 2. The zero-order valence-corrected chi connectivity index (χ0v) is 20.5. The summed E-state index contributed by atoms with van der Waals surface area (Å²) in [6.45, 7) is 10.7. The van der Waals surface area contributed by atoms with Crippen molar-refractivity contribution < 1.29 is 27.4 Å². The van der Waals surface area contributed by atoms with E-state index in [2.05, 4.69) is 32.8 Å². The summed E-state index contributed by atoms with van der Waals surface area (Å²) in [5, 5.41) is 10.9. The molecule has 1 aliphatic heterocycles. The van der Waals surface area contributed by atoms with Crippen LogP contribution >= 0.6 is 0 Å². The van der Waals surface area contributed by atoms with Crippen molar-refractivity contribution in [2.45, 2.75) is 20.0 Å². The van der Waals surface area contributed by atoms with Gasteiger partial charge in [0, 0.05) is 37.9 Å². The molecule has 13 heteroatoms. The molecule has 1 fully saturated rings. The van der Waals surface area contributed by atoms with E-state index in [-0.39, 0.29) is 17.4 Å². The van der Waals surface area contributed by atoms with E-state index in [1.54, 1.807) is 11.6 Å². The average molecular weight is 491 g/mol. The zero-order chi connectivity index (χ0) is 24.5. The minimum absolute atomic E-state index is 0.168. The Morgan fingerprint density at radius 2 is 1.67 bits per heavy atom. The maximum Gasteiger partial charge on any atom is 0.246 e. The number of carbonyl (C=O) groups excluding carboxylic acids is 1. The van der Waals surface area contributed by atoms with Gasteiger partial charge in [-0.05, 0) is 14.0 Å². The van der Waals surface area contributed by atoms with E-state index in [1.807, 2.05) is 6.20 Å². The van der Waals surface area contributed by atoms with Gasteiger partial charge in [0.15, 0.2) is 9.84 Å². The second-order valence-electron chi connectivity index (χ2n) is 7.27. The summed E-state index contributed by atoms with van der Waals surface area (Å²) in [6, 6.07) is 0. The van der Waals surface area contributed by atoms with E-state index < -0.39 is 9.84 Å². The Morgan fingerprint density at radius 1 is 1.09 bits per heavy atom. The maximum absolute atomic E-state index is 11.5. The Bertz CT molecular complexity index is 787. The van der Waals surface area contributed by atoms with Gasteiger partial charge in [-0.2, -0.15) is 0 Å². The van der Waals surface area contributed by atoms with Gasteiger partial charge in [0.25, 0.3) is 0 Å². The largest absolute Gasteiger partial charge is 0.377 e. The number of sulfone groups is 1. The first-order chi connectivity index (χ1) is 15.9. The first kappa shape index (κ1) is 29.1. The SMILES string of the molecule is C=C(C)C(=O)NCCOCCOCCOCCn1cc(CN2CCS(=O)(=O)CC2)nn1.CN. The normalized spacial score (nSPS) is 15.5. The van der Waals surface area contributed by atoms with Crippen LogP contribution in [0.3, 0.4) is 0 Å². The molecule has 0 atom stereocenters. The van der Waals surface area contributed by atoms with Crippen molar-refractivity contribution in [2.24, 2.45) is 5.73 Å². The minimum Gasteiger partial charge on any atom is -0.377 e. The third-order valence-corrected chi connectivity index (χ3v) is 6.15. The average Bonchev–Trinajstić information content (AvgIpc) is 3.24. The number of nitrogens with one attached hydrogen (secondary N) is 1. The number of rotatable bonds is 15. The third-order valence-electron chi connectivity index (χ3n) is 4.54. The summed E-state index contributed by atoms with van der Waals surface area (Å²) in [5.41, 5.74) is 5.80. The number of amides is 1. The highest BCUT2D eigenvalue weighted by atomic mass is 32.2. The minimum atomic E-state index is -2.87. The highest BCUT2D eigenvalue weighted by Gasteiger charge is 2.22. The summed E-state index contributed by atoms with van der Waals surface area (Å²) in [5.74, 6) is 0.243. The Kier molecular flexibility index (Phi) is 14.7. The fourth-order valence-electron chi connectivity index (χ4n) is 2.75. The molecule has 0 spiro atoms. The highest BCUT2D eigenvalue weighted by Crippen LogP contribution is 2.07. The number of ether oxygens (including phenoxy) is 3. The summed E-state index contributed by atoms with van der Waals surface area (Å²) in [7, 11) is -1.37. The molecule has 0 radical (unpaired) electrons. The molecule has 0 bridgehead atoms. The zero-order valence-electron chi connectivity index (χ0n) is 19.7. The summed E-state index contributed by atoms with van der Waals surface area (Å²) >= 11 is 0. The molecular weight excluding hydrogens is 452 g/mol. The molecule has 2 rings (SSSR count). The predicted molar refractivity (Wildman–Crippen MR) is 124 cm³/mol. The Labute approximate surface area is 196 Å². The molecule has 0 aliphatic carbocycles. The first-order valence-electron chi connectivity index (χ1n) is 10.9. The molecule has 190 valence electrons. The lowest BCUT2D eigenvalue weighted by atomic mass is 10.3. The molecule has 1 aliphatic rings. The van der Waals surface area contributed by atoms with E-state index in [0.717, 1.165) is 5.69 Å². The van der Waals surface area contributed by atoms with Crippen molar-refractivity contribution >= 4 is 15.7 Å². The monoisotopic (exact) mass is 490 g/mol. The molecule has 1 amide bonds. The van der Waals surface area contributed by atoms with Gasteiger partial charge in [-0.25, -0.2) is 13.1 Å². The molecular formula is C20H38N6O6S. The Hall–Kier alpha value is -1.90. The van der Waals surface area contributed by atoms with Crippen molar-refractivity contribution in [1.82, 2.24) is 25.2 Å². The van der Waals surface area contributed by atoms with Gasteiger partial charge in [0.2, 0.25) is 5.91 Å². The van der Waals surface area contributed by atoms with Crippen molar-refractivity contribution in [1.29, 1.82) is 0 Å². The molecule has 12 nitrogen and oxygen atoms in total. The quantitative estimate of drug-likeness (QED) is 0.227. The lowest BCUT2D eigenvalue weighted by Crippen LogP contribution is -2.39.